The number of benzene rings is 1. The monoisotopic (exact) mass is 296 g/mol. The summed E-state index contributed by atoms with van der Waals surface area (Å²) in [7, 11) is 3.10. The van der Waals surface area contributed by atoms with E-state index in [9.17, 15) is 9.59 Å². The van der Waals surface area contributed by atoms with Gasteiger partial charge in [-0.2, -0.15) is 0 Å². The average molecular weight is 296 g/mol. The van der Waals surface area contributed by atoms with Crippen molar-refractivity contribution in [2.45, 2.75) is 20.0 Å². The van der Waals surface area contributed by atoms with Crippen LogP contribution in [0.1, 0.15) is 18.9 Å². The Morgan fingerprint density at radius 2 is 1.81 bits per heavy atom. The zero-order valence-electron chi connectivity index (χ0n) is 12.5. The van der Waals surface area contributed by atoms with Gasteiger partial charge < -0.3 is 18.9 Å². The van der Waals surface area contributed by atoms with Gasteiger partial charge >= 0.3 is 5.97 Å². The van der Waals surface area contributed by atoms with Crippen molar-refractivity contribution in [2.75, 3.05) is 27.4 Å². The van der Waals surface area contributed by atoms with E-state index in [1.165, 1.54) is 0 Å². The number of methoxy groups -OCH3 is 2. The lowest BCUT2D eigenvalue weighted by molar-refractivity contribution is -0.146. The third-order valence-corrected chi connectivity index (χ3v) is 2.63. The Morgan fingerprint density at radius 1 is 1.10 bits per heavy atom. The second kappa shape index (κ2) is 8.97. The molecule has 1 rings (SSSR count). The van der Waals surface area contributed by atoms with Crippen LogP contribution >= 0.6 is 0 Å². The minimum atomic E-state index is -0.530. The summed E-state index contributed by atoms with van der Waals surface area (Å²) < 4.78 is 20.3. The first-order valence-electron chi connectivity index (χ1n) is 6.56. The molecular formula is C15H20O6. The van der Waals surface area contributed by atoms with Crippen molar-refractivity contribution in [3.8, 4) is 11.5 Å². The van der Waals surface area contributed by atoms with Crippen LogP contribution in [0.3, 0.4) is 0 Å². The molecule has 0 saturated heterocycles. The van der Waals surface area contributed by atoms with Gasteiger partial charge in [0.1, 0.15) is 13.0 Å². The molecule has 0 unspecified atom stereocenters. The first kappa shape index (κ1) is 17.0. The van der Waals surface area contributed by atoms with E-state index < -0.39 is 5.97 Å². The Bertz CT molecular complexity index is 483. The van der Waals surface area contributed by atoms with Crippen molar-refractivity contribution < 1.29 is 28.5 Å². The molecule has 0 N–H and O–H groups in total. The standard InChI is InChI=1S/C15H20O6/c1-4-21-15(17)8-12(16)10-20-9-11-5-6-13(18-2)14(7-11)19-3/h5-7H,4,8-10H2,1-3H3. The van der Waals surface area contributed by atoms with Crippen molar-refractivity contribution in [1.82, 2.24) is 0 Å². The predicted molar refractivity (Wildman–Crippen MR) is 75.5 cm³/mol. The third kappa shape index (κ3) is 5.83. The lowest BCUT2D eigenvalue weighted by atomic mass is 10.2. The smallest absolute Gasteiger partial charge is 0.313 e. The highest BCUT2D eigenvalue weighted by atomic mass is 16.5. The van der Waals surface area contributed by atoms with Crippen molar-refractivity contribution in [3.05, 3.63) is 23.8 Å². The highest BCUT2D eigenvalue weighted by Crippen LogP contribution is 2.27. The largest absolute Gasteiger partial charge is 0.493 e. The van der Waals surface area contributed by atoms with Crippen molar-refractivity contribution in [3.63, 3.8) is 0 Å². The van der Waals surface area contributed by atoms with E-state index in [1.807, 2.05) is 6.07 Å². The Labute approximate surface area is 123 Å². The van der Waals surface area contributed by atoms with Crippen LogP contribution in [0.2, 0.25) is 0 Å². The first-order chi connectivity index (χ1) is 10.1. The lowest BCUT2D eigenvalue weighted by Gasteiger charge is -2.09. The number of carbonyl (C=O) groups is 2. The molecule has 21 heavy (non-hydrogen) atoms. The van der Waals surface area contributed by atoms with Gasteiger partial charge in [-0.1, -0.05) is 6.07 Å². The number of hydrogen-bond donors (Lipinski definition) is 0. The summed E-state index contributed by atoms with van der Waals surface area (Å²) in [6.45, 7) is 2.07. The fourth-order valence-corrected chi connectivity index (χ4v) is 1.68. The molecule has 116 valence electrons. The summed E-state index contributed by atoms with van der Waals surface area (Å²) in [4.78, 5) is 22.6. The molecule has 0 aliphatic heterocycles. The van der Waals surface area contributed by atoms with Gasteiger partial charge in [0.25, 0.3) is 0 Å². The molecule has 0 radical (unpaired) electrons. The van der Waals surface area contributed by atoms with E-state index in [0.717, 1.165) is 5.56 Å². The number of ether oxygens (including phenoxy) is 4. The quantitative estimate of drug-likeness (QED) is 0.510. The van der Waals surface area contributed by atoms with E-state index in [2.05, 4.69) is 4.74 Å². The summed E-state index contributed by atoms with van der Waals surface area (Å²) in [5.41, 5.74) is 0.844. The topological polar surface area (TPSA) is 71.1 Å². The molecule has 0 amide bonds. The van der Waals surface area contributed by atoms with Gasteiger partial charge in [0.05, 0.1) is 27.4 Å². The molecule has 0 atom stereocenters. The van der Waals surface area contributed by atoms with Gasteiger partial charge in [-0.3, -0.25) is 9.59 Å². The number of carbonyl (C=O) groups excluding carboxylic acids is 2. The van der Waals surface area contributed by atoms with Crippen LogP contribution in [0.5, 0.6) is 11.5 Å². The zero-order chi connectivity index (χ0) is 15.7. The lowest BCUT2D eigenvalue weighted by Crippen LogP contribution is -2.15. The maximum Gasteiger partial charge on any atom is 0.313 e. The number of rotatable bonds is 9. The van der Waals surface area contributed by atoms with Gasteiger partial charge in [0, 0.05) is 0 Å². The number of ketones is 1. The van der Waals surface area contributed by atoms with E-state index in [4.69, 9.17) is 14.2 Å². The number of hydrogen-bond acceptors (Lipinski definition) is 6. The van der Waals surface area contributed by atoms with Crippen molar-refractivity contribution in [1.29, 1.82) is 0 Å². The molecule has 1 aromatic carbocycles. The number of esters is 1. The van der Waals surface area contributed by atoms with E-state index in [1.54, 1.807) is 33.3 Å². The van der Waals surface area contributed by atoms with E-state index in [0.29, 0.717) is 11.5 Å². The minimum absolute atomic E-state index is 0.132. The molecule has 0 heterocycles. The zero-order valence-corrected chi connectivity index (χ0v) is 12.5. The third-order valence-electron chi connectivity index (χ3n) is 2.63. The fraction of sp³-hybridized carbons (Fsp3) is 0.467. The summed E-state index contributed by atoms with van der Waals surface area (Å²) in [6.07, 6.45) is -0.264. The van der Waals surface area contributed by atoms with Crippen LogP contribution in [-0.2, 0) is 25.7 Å². The Kier molecular flexibility index (Phi) is 7.25. The van der Waals surface area contributed by atoms with Crippen LogP contribution < -0.4 is 9.47 Å². The highest BCUT2D eigenvalue weighted by molar-refractivity contribution is 5.96. The SMILES string of the molecule is CCOC(=O)CC(=O)COCc1ccc(OC)c(OC)c1. The van der Waals surface area contributed by atoms with Crippen molar-refractivity contribution >= 4 is 11.8 Å². The van der Waals surface area contributed by atoms with Crippen LogP contribution in [0.25, 0.3) is 0 Å². The van der Waals surface area contributed by atoms with Gasteiger partial charge in [0.15, 0.2) is 17.3 Å². The molecule has 0 aromatic heterocycles. The molecule has 0 spiro atoms. The fourth-order valence-electron chi connectivity index (χ4n) is 1.68. The molecule has 0 aliphatic rings. The first-order valence-corrected chi connectivity index (χ1v) is 6.56. The summed E-state index contributed by atoms with van der Waals surface area (Å²) in [5.74, 6) is 0.377. The van der Waals surface area contributed by atoms with Gasteiger partial charge in [-0.15, -0.1) is 0 Å². The summed E-state index contributed by atoms with van der Waals surface area (Å²) in [6, 6.07) is 5.35. The normalized spacial score (nSPS) is 10.0. The van der Waals surface area contributed by atoms with Crippen LogP contribution in [0, 0.1) is 0 Å². The Morgan fingerprint density at radius 3 is 2.43 bits per heavy atom. The van der Waals surface area contributed by atoms with Gasteiger partial charge in [-0.25, -0.2) is 0 Å². The van der Waals surface area contributed by atoms with Gasteiger partial charge in [0.2, 0.25) is 0 Å². The van der Waals surface area contributed by atoms with Crippen LogP contribution in [0.4, 0.5) is 0 Å². The molecule has 1 aromatic rings. The second-order valence-corrected chi connectivity index (χ2v) is 4.20. The molecule has 0 saturated carbocycles. The maximum absolute atomic E-state index is 11.5. The molecular weight excluding hydrogens is 276 g/mol. The predicted octanol–water partition coefficient (Wildman–Crippen LogP) is 1.74. The van der Waals surface area contributed by atoms with Crippen LogP contribution in [-0.4, -0.2) is 39.2 Å². The average Bonchev–Trinajstić information content (AvgIpc) is 2.47. The summed E-state index contributed by atoms with van der Waals surface area (Å²) in [5, 5.41) is 0. The Balaban J connectivity index is 2.42. The molecule has 0 bridgehead atoms. The van der Waals surface area contributed by atoms with Gasteiger partial charge in [-0.05, 0) is 24.6 Å². The molecule has 6 nitrogen and oxygen atoms in total. The number of Topliss-reactive ketones (excluding diaryl/α,β-unsaturated/α-hetero) is 1. The van der Waals surface area contributed by atoms with Crippen LogP contribution in [0.15, 0.2) is 18.2 Å². The highest BCUT2D eigenvalue weighted by Gasteiger charge is 2.11. The second-order valence-electron chi connectivity index (χ2n) is 4.20. The van der Waals surface area contributed by atoms with E-state index >= 15 is 0 Å². The van der Waals surface area contributed by atoms with Crippen molar-refractivity contribution in [2.24, 2.45) is 0 Å². The minimum Gasteiger partial charge on any atom is -0.493 e. The summed E-state index contributed by atoms with van der Waals surface area (Å²) >= 11 is 0. The van der Waals surface area contributed by atoms with E-state index in [-0.39, 0.29) is 32.0 Å². The molecule has 6 heteroatoms. The maximum atomic E-state index is 11.5. The molecule has 0 aliphatic carbocycles. The Hall–Kier alpha value is -2.08. The molecule has 0 fully saturated rings.